The van der Waals surface area contributed by atoms with Crippen LogP contribution in [0.3, 0.4) is 0 Å². The Morgan fingerprint density at radius 1 is 1.18 bits per heavy atom. The molecule has 60 valence electrons. The highest BCUT2D eigenvalue weighted by Gasteiger charge is 2.16. The van der Waals surface area contributed by atoms with E-state index in [9.17, 15) is 0 Å². The number of rotatable bonds is 2. The molecule has 0 amide bonds. The van der Waals surface area contributed by atoms with Gasteiger partial charge in [0.1, 0.15) is 0 Å². The van der Waals surface area contributed by atoms with Crippen molar-refractivity contribution >= 4 is 6.21 Å². The van der Waals surface area contributed by atoms with Gasteiger partial charge in [0.15, 0.2) is 0 Å². The maximum absolute atomic E-state index is 7.10. The van der Waals surface area contributed by atoms with Gasteiger partial charge in [0, 0.05) is 0 Å². The molecule has 0 aromatic carbocycles. The molecule has 0 bridgehead atoms. The molecule has 0 heterocycles. The van der Waals surface area contributed by atoms with Crippen LogP contribution in [0.4, 0.5) is 0 Å². The van der Waals surface area contributed by atoms with Gasteiger partial charge in [0.2, 0.25) is 0 Å². The van der Waals surface area contributed by atoms with Crippen LogP contribution >= 0.6 is 0 Å². The first kappa shape index (κ1) is 8.29. The Morgan fingerprint density at radius 2 is 1.73 bits per heavy atom. The standard InChI is InChI=1S/C10H15N/c1-2-3-9-4-6-10(8-11)7-5-9/h3,8-11H,1,4-7H2. The van der Waals surface area contributed by atoms with Crippen molar-refractivity contribution in [3.63, 3.8) is 0 Å². The van der Waals surface area contributed by atoms with Gasteiger partial charge < -0.3 is 5.41 Å². The summed E-state index contributed by atoms with van der Waals surface area (Å²) in [7, 11) is 0. The van der Waals surface area contributed by atoms with Gasteiger partial charge >= 0.3 is 0 Å². The van der Waals surface area contributed by atoms with Crippen LogP contribution in [0.5, 0.6) is 0 Å². The third kappa shape index (κ3) is 2.36. The van der Waals surface area contributed by atoms with E-state index in [1.165, 1.54) is 25.7 Å². The Labute approximate surface area is 68.3 Å². The van der Waals surface area contributed by atoms with E-state index in [1.54, 1.807) is 6.21 Å². The van der Waals surface area contributed by atoms with Gasteiger partial charge in [0.05, 0.1) is 0 Å². The first-order valence-electron chi connectivity index (χ1n) is 4.23. The first-order valence-corrected chi connectivity index (χ1v) is 4.23. The van der Waals surface area contributed by atoms with Gasteiger partial charge in [-0.3, -0.25) is 0 Å². The number of hydrogen-bond donors (Lipinski definition) is 1. The van der Waals surface area contributed by atoms with Crippen LogP contribution in [0.25, 0.3) is 0 Å². The van der Waals surface area contributed by atoms with Crippen molar-refractivity contribution < 1.29 is 0 Å². The average molecular weight is 149 g/mol. The molecule has 11 heavy (non-hydrogen) atoms. The summed E-state index contributed by atoms with van der Waals surface area (Å²) in [6, 6.07) is 0. The van der Waals surface area contributed by atoms with Gasteiger partial charge in [-0.2, -0.15) is 0 Å². The number of allylic oxidation sites excluding steroid dienone is 1. The molecule has 0 radical (unpaired) electrons. The van der Waals surface area contributed by atoms with E-state index >= 15 is 0 Å². The fourth-order valence-electron chi connectivity index (χ4n) is 1.64. The Balaban J connectivity index is 2.35. The molecular formula is C10H15N. The maximum Gasteiger partial charge on any atom is -0.00167 e. The van der Waals surface area contributed by atoms with Gasteiger partial charge in [-0.25, -0.2) is 0 Å². The zero-order valence-corrected chi connectivity index (χ0v) is 6.84. The van der Waals surface area contributed by atoms with Crippen molar-refractivity contribution in [2.45, 2.75) is 25.7 Å². The summed E-state index contributed by atoms with van der Waals surface area (Å²) in [5.41, 5.74) is 2.84. The first-order chi connectivity index (χ1) is 5.36. The van der Waals surface area contributed by atoms with Crippen LogP contribution < -0.4 is 0 Å². The number of nitrogens with one attached hydrogen (secondary N) is 1. The maximum atomic E-state index is 7.10. The van der Waals surface area contributed by atoms with Gasteiger partial charge in [-0.1, -0.05) is 6.58 Å². The Hall–Kier alpha value is -0.810. The van der Waals surface area contributed by atoms with Crippen molar-refractivity contribution in [1.82, 2.24) is 0 Å². The van der Waals surface area contributed by atoms with Crippen molar-refractivity contribution in [2.24, 2.45) is 11.8 Å². The predicted molar refractivity (Wildman–Crippen MR) is 47.9 cm³/mol. The summed E-state index contributed by atoms with van der Waals surface area (Å²) < 4.78 is 0. The zero-order valence-electron chi connectivity index (χ0n) is 6.84. The minimum absolute atomic E-state index is 0.546. The minimum atomic E-state index is 0.546. The van der Waals surface area contributed by atoms with Crippen LogP contribution in [0, 0.1) is 17.2 Å². The molecule has 0 spiro atoms. The lowest BCUT2D eigenvalue weighted by Gasteiger charge is -2.22. The monoisotopic (exact) mass is 149 g/mol. The van der Waals surface area contributed by atoms with Crippen LogP contribution in [-0.2, 0) is 0 Å². The van der Waals surface area contributed by atoms with Crippen LogP contribution in [0.15, 0.2) is 18.4 Å². The van der Waals surface area contributed by atoms with E-state index in [4.69, 9.17) is 5.41 Å². The molecule has 0 aromatic heterocycles. The molecule has 0 aliphatic heterocycles. The molecule has 1 N–H and O–H groups in total. The summed E-state index contributed by atoms with van der Waals surface area (Å²) >= 11 is 0. The molecule has 0 aromatic rings. The largest absolute Gasteiger partial charge is 0.313 e. The fraction of sp³-hybridized carbons (Fsp3) is 0.600. The van der Waals surface area contributed by atoms with Gasteiger partial charge in [-0.15, -0.1) is 5.73 Å². The average Bonchev–Trinajstić information content (AvgIpc) is 2.07. The molecule has 0 unspecified atom stereocenters. The highest BCUT2D eigenvalue weighted by Crippen LogP contribution is 2.27. The summed E-state index contributed by atoms with van der Waals surface area (Å²) in [6.45, 7) is 3.57. The molecular weight excluding hydrogens is 134 g/mol. The lowest BCUT2D eigenvalue weighted by molar-refractivity contribution is 0.375. The molecule has 1 heteroatoms. The highest BCUT2D eigenvalue weighted by atomic mass is 14.4. The predicted octanol–water partition coefficient (Wildman–Crippen LogP) is 2.78. The normalized spacial score (nSPS) is 30.5. The van der Waals surface area contributed by atoms with Crippen molar-refractivity contribution in [3.05, 3.63) is 18.4 Å². The molecule has 1 aliphatic carbocycles. The smallest absolute Gasteiger partial charge is 0.00167 e. The van der Waals surface area contributed by atoms with Crippen LogP contribution in [0.1, 0.15) is 25.7 Å². The van der Waals surface area contributed by atoms with Crippen molar-refractivity contribution in [2.75, 3.05) is 0 Å². The summed E-state index contributed by atoms with van der Waals surface area (Å²) in [4.78, 5) is 0. The topological polar surface area (TPSA) is 23.9 Å². The lowest BCUT2D eigenvalue weighted by Crippen LogP contribution is -2.13. The SMILES string of the molecule is C=C=CC1CCC(C=N)CC1. The minimum Gasteiger partial charge on any atom is -0.313 e. The van der Waals surface area contributed by atoms with Crippen molar-refractivity contribution in [3.8, 4) is 0 Å². The second-order valence-electron chi connectivity index (χ2n) is 3.21. The molecule has 1 nitrogen and oxygen atoms in total. The van der Waals surface area contributed by atoms with Crippen molar-refractivity contribution in [1.29, 1.82) is 5.41 Å². The molecule has 1 saturated carbocycles. The Bertz CT molecular complexity index is 169. The number of hydrogen-bond acceptors (Lipinski definition) is 1. The van der Waals surface area contributed by atoms with E-state index in [2.05, 4.69) is 18.4 Å². The van der Waals surface area contributed by atoms with E-state index in [0.29, 0.717) is 11.8 Å². The van der Waals surface area contributed by atoms with Crippen LogP contribution in [-0.4, -0.2) is 6.21 Å². The zero-order chi connectivity index (χ0) is 8.10. The van der Waals surface area contributed by atoms with Gasteiger partial charge in [-0.05, 0) is 49.8 Å². The molecule has 0 atom stereocenters. The van der Waals surface area contributed by atoms with E-state index in [-0.39, 0.29) is 0 Å². The van der Waals surface area contributed by atoms with Gasteiger partial charge in [0.25, 0.3) is 0 Å². The lowest BCUT2D eigenvalue weighted by atomic mass is 9.83. The second-order valence-corrected chi connectivity index (χ2v) is 3.21. The molecule has 1 aliphatic rings. The third-order valence-electron chi connectivity index (χ3n) is 2.41. The molecule has 0 saturated heterocycles. The fourth-order valence-corrected chi connectivity index (χ4v) is 1.64. The Kier molecular flexibility index (Phi) is 3.13. The Morgan fingerprint density at radius 3 is 2.18 bits per heavy atom. The highest BCUT2D eigenvalue weighted by molar-refractivity contribution is 5.56. The molecule has 1 fully saturated rings. The van der Waals surface area contributed by atoms with E-state index < -0.39 is 0 Å². The summed E-state index contributed by atoms with van der Waals surface area (Å²) in [6.07, 6.45) is 8.43. The third-order valence-corrected chi connectivity index (χ3v) is 2.41. The second kappa shape index (κ2) is 4.15. The quantitative estimate of drug-likeness (QED) is 0.461. The van der Waals surface area contributed by atoms with E-state index in [0.717, 1.165) is 0 Å². The van der Waals surface area contributed by atoms with E-state index in [1.807, 2.05) is 0 Å². The van der Waals surface area contributed by atoms with Crippen LogP contribution in [0.2, 0.25) is 0 Å². The molecule has 1 rings (SSSR count). The summed E-state index contributed by atoms with van der Waals surface area (Å²) in [5.74, 6) is 1.23. The summed E-state index contributed by atoms with van der Waals surface area (Å²) in [5, 5.41) is 7.10.